The SMILES string of the molecule is CC=Cc1ccc(OC(=O)c2ccc3c(=O)n(CC)c(=O)[nH]c3c2)c(OC)c1. The van der Waals surface area contributed by atoms with Crippen molar-refractivity contribution in [1.82, 2.24) is 9.55 Å². The molecule has 0 aliphatic heterocycles. The molecule has 0 amide bonds. The van der Waals surface area contributed by atoms with Crippen LogP contribution in [0.2, 0.25) is 0 Å². The molecule has 3 rings (SSSR count). The molecule has 0 unspecified atom stereocenters. The Morgan fingerprint density at radius 3 is 2.61 bits per heavy atom. The van der Waals surface area contributed by atoms with Crippen molar-refractivity contribution in [1.29, 1.82) is 0 Å². The molecule has 7 heteroatoms. The lowest BCUT2D eigenvalue weighted by Crippen LogP contribution is -2.34. The Kier molecular flexibility index (Phi) is 5.44. The van der Waals surface area contributed by atoms with Crippen molar-refractivity contribution < 1.29 is 14.3 Å². The number of carbonyl (C=O) groups excluding carboxylic acids is 1. The molecule has 144 valence electrons. The largest absolute Gasteiger partial charge is 0.493 e. The van der Waals surface area contributed by atoms with Gasteiger partial charge in [-0.15, -0.1) is 0 Å². The number of aromatic amines is 1. The maximum atomic E-state index is 12.6. The first-order valence-electron chi connectivity index (χ1n) is 8.78. The maximum absolute atomic E-state index is 12.6. The number of fused-ring (bicyclic) bond motifs is 1. The third-order valence-electron chi connectivity index (χ3n) is 4.28. The second kappa shape index (κ2) is 7.96. The number of ether oxygens (including phenoxy) is 2. The van der Waals surface area contributed by atoms with Gasteiger partial charge in [0.1, 0.15) is 0 Å². The molecule has 0 saturated carbocycles. The number of hydrogen-bond donors (Lipinski definition) is 1. The van der Waals surface area contributed by atoms with Crippen molar-refractivity contribution in [2.24, 2.45) is 0 Å². The van der Waals surface area contributed by atoms with E-state index in [2.05, 4.69) is 4.98 Å². The smallest absolute Gasteiger partial charge is 0.343 e. The zero-order chi connectivity index (χ0) is 20.3. The average molecular weight is 380 g/mol. The average Bonchev–Trinajstić information content (AvgIpc) is 2.69. The van der Waals surface area contributed by atoms with Crippen LogP contribution in [-0.4, -0.2) is 22.6 Å². The van der Waals surface area contributed by atoms with E-state index < -0.39 is 17.2 Å². The maximum Gasteiger partial charge on any atom is 0.343 e. The Balaban J connectivity index is 1.96. The monoisotopic (exact) mass is 380 g/mol. The van der Waals surface area contributed by atoms with Gasteiger partial charge in [0.15, 0.2) is 11.5 Å². The summed E-state index contributed by atoms with van der Waals surface area (Å²) in [4.78, 5) is 39.5. The fourth-order valence-corrected chi connectivity index (χ4v) is 2.89. The molecule has 1 N–H and O–H groups in total. The lowest BCUT2D eigenvalue weighted by Gasteiger charge is -2.10. The molecule has 0 aliphatic rings. The quantitative estimate of drug-likeness (QED) is 0.543. The molecule has 0 saturated heterocycles. The summed E-state index contributed by atoms with van der Waals surface area (Å²) in [5, 5.41) is 0.325. The van der Waals surface area contributed by atoms with Gasteiger partial charge in [0.05, 0.1) is 23.6 Å². The third kappa shape index (κ3) is 3.59. The summed E-state index contributed by atoms with van der Waals surface area (Å²) < 4.78 is 11.8. The number of allylic oxidation sites excluding steroid dienone is 1. The van der Waals surface area contributed by atoms with E-state index in [9.17, 15) is 14.4 Å². The lowest BCUT2D eigenvalue weighted by molar-refractivity contribution is 0.0730. The van der Waals surface area contributed by atoms with Crippen LogP contribution < -0.4 is 20.7 Å². The number of rotatable bonds is 5. The van der Waals surface area contributed by atoms with E-state index >= 15 is 0 Å². The molecule has 7 nitrogen and oxygen atoms in total. The van der Waals surface area contributed by atoms with Gasteiger partial charge in [-0.3, -0.25) is 9.36 Å². The Labute approximate surface area is 160 Å². The molecule has 3 aromatic rings. The summed E-state index contributed by atoms with van der Waals surface area (Å²) >= 11 is 0. The van der Waals surface area contributed by atoms with Crippen LogP contribution in [0, 0.1) is 0 Å². The first-order valence-corrected chi connectivity index (χ1v) is 8.78. The van der Waals surface area contributed by atoms with E-state index in [4.69, 9.17) is 9.47 Å². The number of benzene rings is 2. The molecular weight excluding hydrogens is 360 g/mol. The van der Waals surface area contributed by atoms with E-state index in [-0.39, 0.29) is 23.4 Å². The number of H-pyrrole nitrogens is 1. The number of nitrogens with zero attached hydrogens (tertiary/aromatic N) is 1. The second-order valence-corrected chi connectivity index (χ2v) is 6.04. The van der Waals surface area contributed by atoms with Crippen LogP contribution in [-0.2, 0) is 6.54 Å². The Morgan fingerprint density at radius 1 is 1.14 bits per heavy atom. The topological polar surface area (TPSA) is 90.4 Å². The standard InChI is InChI=1S/C21H20N2O5/c1-4-6-13-7-10-17(18(11-13)27-3)28-20(25)14-8-9-15-16(12-14)22-21(26)23(5-2)19(15)24/h4,6-12H,5H2,1-3H3,(H,22,26). The number of aromatic nitrogens is 2. The Morgan fingerprint density at radius 2 is 1.93 bits per heavy atom. The predicted octanol–water partition coefficient (Wildman–Crippen LogP) is 2.97. The lowest BCUT2D eigenvalue weighted by atomic mass is 10.1. The molecule has 1 heterocycles. The highest BCUT2D eigenvalue weighted by molar-refractivity contribution is 5.95. The van der Waals surface area contributed by atoms with Crippen LogP contribution in [0.25, 0.3) is 17.0 Å². The van der Waals surface area contributed by atoms with E-state index in [0.29, 0.717) is 11.1 Å². The molecule has 1 aromatic heterocycles. The molecule has 28 heavy (non-hydrogen) atoms. The first-order chi connectivity index (χ1) is 13.5. The van der Waals surface area contributed by atoms with E-state index in [1.807, 2.05) is 19.1 Å². The van der Waals surface area contributed by atoms with Crippen molar-refractivity contribution in [2.75, 3.05) is 7.11 Å². The number of nitrogens with one attached hydrogen (secondary N) is 1. The summed E-state index contributed by atoms with van der Waals surface area (Å²) in [5.41, 5.74) is 0.477. The molecule has 0 aliphatic carbocycles. The van der Waals surface area contributed by atoms with Crippen molar-refractivity contribution in [2.45, 2.75) is 20.4 Å². The summed E-state index contributed by atoms with van der Waals surface area (Å²) in [6, 6.07) is 9.63. The Hall–Kier alpha value is -3.61. The van der Waals surface area contributed by atoms with E-state index in [1.54, 1.807) is 25.1 Å². The highest BCUT2D eigenvalue weighted by Gasteiger charge is 2.15. The van der Waals surface area contributed by atoms with Crippen LogP contribution in [0.3, 0.4) is 0 Å². The molecule has 0 radical (unpaired) electrons. The Bertz CT molecular complexity index is 1190. The number of carbonyl (C=O) groups is 1. The minimum absolute atomic E-state index is 0.205. The van der Waals surface area contributed by atoms with Crippen LogP contribution in [0.4, 0.5) is 0 Å². The number of hydrogen-bond acceptors (Lipinski definition) is 5. The van der Waals surface area contributed by atoms with Gasteiger partial charge in [0.25, 0.3) is 5.56 Å². The predicted molar refractivity (Wildman–Crippen MR) is 107 cm³/mol. The molecule has 0 spiro atoms. The summed E-state index contributed by atoms with van der Waals surface area (Å²) in [5.74, 6) is 0.0687. The van der Waals surface area contributed by atoms with Gasteiger partial charge in [-0.1, -0.05) is 18.2 Å². The summed E-state index contributed by atoms with van der Waals surface area (Å²) in [7, 11) is 1.49. The fraction of sp³-hybridized carbons (Fsp3) is 0.190. The molecular formula is C21H20N2O5. The second-order valence-electron chi connectivity index (χ2n) is 6.04. The molecule has 0 fully saturated rings. The fourth-order valence-electron chi connectivity index (χ4n) is 2.89. The van der Waals surface area contributed by atoms with E-state index in [1.165, 1.54) is 25.3 Å². The van der Waals surface area contributed by atoms with Gasteiger partial charge in [0.2, 0.25) is 0 Å². The number of methoxy groups -OCH3 is 1. The third-order valence-corrected chi connectivity index (χ3v) is 4.28. The van der Waals surface area contributed by atoms with Crippen molar-refractivity contribution >= 4 is 22.9 Å². The zero-order valence-electron chi connectivity index (χ0n) is 15.8. The minimum atomic E-state index is -0.625. The van der Waals surface area contributed by atoms with Gasteiger partial charge in [-0.2, -0.15) is 0 Å². The summed E-state index contributed by atoms with van der Waals surface area (Å²) in [6.45, 7) is 3.87. The highest BCUT2D eigenvalue weighted by Crippen LogP contribution is 2.29. The normalized spacial score (nSPS) is 11.1. The van der Waals surface area contributed by atoms with Gasteiger partial charge in [-0.25, -0.2) is 9.59 Å². The molecule has 0 atom stereocenters. The minimum Gasteiger partial charge on any atom is -0.493 e. The number of esters is 1. The van der Waals surface area contributed by atoms with Crippen LogP contribution in [0.15, 0.2) is 52.1 Å². The van der Waals surface area contributed by atoms with Crippen LogP contribution in [0.1, 0.15) is 29.8 Å². The van der Waals surface area contributed by atoms with Crippen molar-refractivity contribution in [3.63, 3.8) is 0 Å². The van der Waals surface area contributed by atoms with Gasteiger partial charge < -0.3 is 14.5 Å². The van der Waals surface area contributed by atoms with E-state index in [0.717, 1.165) is 10.1 Å². The van der Waals surface area contributed by atoms with Gasteiger partial charge in [0, 0.05) is 6.54 Å². The molecule has 0 bridgehead atoms. The van der Waals surface area contributed by atoms with Crippen LogP contribution >= 0.6 is 0 Å². The van der Waals surface area contributed by atoms with Gasteiger partial charge >= 0.3 is 11.7 Å². The zero-order valence-corrected chi connectivity index (χ0v) is 15.8. The molecule has 2 aromatic carbocycles. The van der Waals surface area contributed by atoms with Crippen molar-refractivity contribution in [3.05, 3.63) is 74.4 Å². The van der Waals surface area contributed by atoms with Gasteiger partial charge in [-0.05, 0) is 49.7 Å². The first kappa shape index (κ1) is 19.2. The van der Waals surface area contributed by atoms with Crippen LogP contribution in [0.5, 0.6) is 11.5 Å². The highest BCUT2D eigenvalue weighted by atomic mass is 16.6. The van der Waals surface area contributed by atoms with Crippen molar-refractivity contribution in [3.8, 4) is 11.5 Å². The summed E-state index contributed by atoms with van der Waals surface area (Å²) in [6.07, 6.45) is 3.79.